The molecule has 10 heteroatoms. The molecule has 2 heterocycles. The zero-order valence-corrected chi connectivity index (χ0v) is 18.0. The van der Waals surface area contributed by atoms with Gasteiger partial charge in [0.1, 0.15) is 5.82 Å². The lowest BCUT2D eigenvalue weighted by Crippen LogP contribution is -2.40. The van der Waals surface area contributed by atoms with E-state index in [0.717, 1.165) is 5.69 Å². The molecule has 0 unspecified atom stereocenters. The number of thiocarbonyl (C=S) groups is 1. The van der Waals surface area contributed by atoms with Crippen molar-refractivity contribution in [2.75, 3.05) is 31.6 Å². The van der Waals surface area contributed by atoms with Crippen LogP contribution in [0.1, 0.15) is 11.3 Å². The van der Waals surface area contributed by atoms with Gasteiger partial charge in [-0.3, -0.25) is 10.1 Å². The van der Waals surface area contributed by atoms with Crippen LogP contribution < -0.4 is 10.6 Å². The molecule has 30 heavy (non-hydrogen) atoms. The smallest absolute Gasteiger partial charge is 0.250 e. The highest BCUT2D eigenvalue weighted by Crippen LogP contribution is 2.18. The van der Waals surface area contributed by atoms with Crippen molar-refractivity contribution in [1.29, 1.82) is 0 Å². The summed E-state index contributed by atoms with van der Waals surface area (Å²) in [5.74, 6) is 0.131. The molecule has 0 bridgehead atoms. The molecule has 0 spiro atoms. The number of nitrogens with zero attached hydrogens (tertiary/aromatic N) is 2. The molecule has 1 saturated heterocycles. The van der Waals surface area contributed by atoms with Gasteiger partial charge in [0.2, 0.25) is 15.9 Å². The number of nitrogens with one attached hydrogen (secondary N) is 2. The molecule has 158 valence electrons. The number of hydrogen-bond donors (Lipinski definition) is 2. The van der Waals surface area contributed by atoms with Gasteiger partial charge in [-0.2, -0.15) is 4.31 Å². The van der Waals surface area contributed by atoms with Gasteiger partial charge < -0.3 is 10.1 Å². The van der Waals surface area contributed by atoms with Gasteiger partial charge in [-0.25, -0.2) is 13.4 Å². The van der Waals surface area contributed by atoms with Crippen LogP contribution in [0.4, 0.5) is 5.82 Å². The molecule has 2 aromatic rings. The minimum Gasteiger partial charge on any atom is -0.379 e. The molecule has 1 amide bonds. The fourth-order valence-corrected chi connectivity index (χ4v) is 4.39. The maximum Gasteiger partial charge on any atom is 0.250 e. The third-order valence-corrected chi connectivity index (χ3v) is 6.40. The first kappa shape index (κ1) is 22.0. The number of anilines is 1. The molecule has 1 aromatic heterocycles. The van der Waals surface area contributed by atoms with Gasteiger partial charge in [0.05, 0.1) is 18.1 Å². The molecule has 1 aliphatic heterocycles. The van der Waals surface area contributed by atoms with Crippen molar-refractivity contribution in [2.45, 2.75) is 11.8 Å². The molecule has 2 N–H and O–H groups in total. The van der Waals surface area contributed by atoms with Crippen molar-refractivity contribution >= 4 is 45.2 Å². The molecule has 0 aliphatic carbocycles. The summed E-state index contributed by atoms with van der Waals surface area (Å²) >= 11 is 5.11. The Morgan fingerprint density at radius 1 is 1.17 bits per heavy atom. The van der Waals surface area contributed by atoms with Crippen LogP contribution in [-0.4, -0.2) is 55.0 Å². The van der Waals surface area contributed by atoms with E-state index >= 15 is 0 Å². The summed E-state index contributed by atoms with van der Waals surface area (Å²) in [6.45, 7) is 3.33. The maximum atomic E-state index is 12.6. The van der Waals surface area contributed by atoms with Crippen molar-refractivity contribution in [3.05, 3.63) is 59.8 Å². The molecule has 1 aromatic carbocycles. The van der Waals surface area contributed by atoms with Crippen molar-refractivity contribution < 1.29 is 17.9 Å². The van der Waals surface area contributed by atoms with Crippen molar-refractivity contribution in [1.82, 2.24) is 14.6 Å². The van der Waals surface area contributed by atoms with Gasteiger partial charge in [-0.05, 0) is 55.0 Å². The highest BCUT2D eigenvalue weighted by molar-refractivity contribution is 7.89. The highest BCUT2D eigenvalue weighted by Gasteiger charge is 2.25. The second kappa shape index (κ2) is 9.90. The minimum absolute atomic E-state index is 0.134. The monoisotopic (exact) mass is 446 g/mol. The largest absolute Gasteiger partial charge is 0.379 e. The van der Waals surface area contributed by atoms with E-state index in [2.05, 4.69) is 15.6 Å². The SMILES string of the molecule is Cc1cccc(NC(=S)NC(=O)C=Cc2ccc(S(=O)(=O)N3CCOCC3)cc2)n1. The van der Waals surface area contributed by atoms with Gasteiger partial charge in [-0.1, -0.05) is 18.2 Å². The number of aromatic nitrogens is 1. The van der Waals surface area contributed by atoms with Crippen LogP contribution in [-0.2, 0) is 19.6 Å². The summed E-state index contributed by atoms with van der Waals surface area (Å²) < 4.78 is 31.8. The van der Waals surface area contributed by atoms with Gasteiger partial charge >= 0.3 is 0 Å². The predicted octanol–water partition coefficient (Wildman–Crippen LogP) is 1.94. The number of pyridine rings is 1. The van der Waals surface area contributed by atoms with Crippen LogP contribution in [0, 0.1) is 6.92 Å². The molecular weight excluding hydrogens is 424 g/mol. The number of ether oxygens (including phenoxy) is 1. The first-order valence-corrected chi connectivity index (χ1v) is 11.1. The fourth-order valence-electron chi connectivity index (χ4n) is 2.77. The average molecular weight is 447 g/mol. The standard InChI is InChI=1S/C20H22N4O4S2/c1-15-3-2-4-18(21-15)22-20(29)23-19(25)10-7-16-5-8-17(9-6-16)30(26,27)24-11-13-28-14-12-24/h2-10H,11-14H2,1H3,(H2,21,22,23,25,29). The molecule has 8 nitrogen and oxygen atoms in total. The zero-order chi connectivity index (χ0) is 21.6. The fraction of sp³-hybridized carbons (Fsp3) is 0.250. The maximum absolute atomic E-state index is 12.6. The summed E-state index contributed by atoms with van der Waals surface area (Å²) in [6, 6.07) is 11.8. The first-order valence-electron chi connectivity index (χ1n) is 9.26. The van der Waals surface area contributed by atoms with E-state index in [1.165, 1.54) is 22.5 Å². The molecule has 0 atom stereocenters. The Morgan fingerprint density at radius 2 is 1.87 bits per heavy atom. The topological polar surface area (TPSA) is 101 Å². The Bertz CT molecular complexity index is 1050. The number of benzene rings is 1. The quantitative estimate of drug-likeness (QED) is 0.535. The zero-order valence-electron chi connectivity index (χ0n) is 16.4. The number of carbonyl (C=O) groups excluding carboxylic acids is 1. The van der Waals surface area contributed by atoms with E-state index in [9.17, 15) is 13.2 Å². The van der Waals surface area contributed by atoms with Gasteiger partial charge in [0.25, 0.3) is 0 Å². The van der Waals surface area contributed by atoms with E-state index in [-0.39, 0.29) is 10.0 Å². The third-order valence-electron chi connectivity index (χ3n) is 4.28. The van der Waals surface area contributed by atoms with Gasteiger partial charge in [-0.15, -0.1) is 0 Å². The summed E-state index contributed by atoms with van der Waals surface area (Å²) in [7, 11) is -3.54. The second-order valence-corrected chi connectivity index (χ2v) is 8.87. The lowest BCUT2D eigenvalue weighted by atomic mass is 10.2. The molecule has 0 saturated carbocycles. The van der Waals surface area contributed by atoms with Crippen LogP contribution in [0.2, 0.25) is 0 Å². The Labute approximate surface area is 181 Å². The van der Waals surface area contributed by atoms with E-state index in [4.69, 9.17) is 17.0 Å². The van der Waals surface area contributed by atoms with Crippen LogP contribution in [0.3, 0.4) is 0 Å². The predicted molar refractivity (Wildman–Crippen MR) is 118 cm³/mol. The minimum atomic E-state index is -3.54. The number of morpholine rings is 1. The van der Waals surface area contributed by atoms with Crippen molar-refractivity contribution in [2.24, 2.45) is 0 Å². The molecular formula is C20H22N4O4S2. The number of hydrogen-bond acceptors (Lipinski definition) is 6. The number of sulfonamides is 1. The number of amides is 1. The summed E-state index contributed by atoms with van der Waals surface area (Å²) in [5, 5.41) is 5.51. The van der Waals surface area contributed by atoms with E-state index in [0.29, 0.717) is 37.7 Å². The summed E-state index contributed by atoms with van der Waals surface area (Å²) in [6.07, 6.45) is 2.90. The Hall–Kier alpha value is -2.66. The van der Waals surface area contributed by atoms with Crippen LogP contribution >= 0.6 is 12.2 Å². The lowest BCUT2D eigenvalue weighted by Gasteiger charge is -2.26. The first-order chi connectivity index (χ1) is 14.3. The van der Waals surface area contributed by atoms with Gasteiger partial charge in [0.15, 0.2) is 5.11 Å². The Balaban J connectivity index is 1.56. The summed E-state index contributed by atoms with van der Waals surface area (Å²) in [4.78, 5) is 16.5. The second-order valence-electron chi connectivity index (χ2n) is 6.53. The van der Waals surface area contributed by atoms with E-state index < -0.39 is 15.9 Å². The van der Waals surface area contributed by atoms with E-state index in [1.807, 2.05) is 19.1 Å². The number of carbonyl (C=O) groups is 1. The van der Waals surface area contributed by atoms with Crippen LogP contribution in [0.15, 0.2) is 53.4 Å². The van der Waals surface area contributed by atoms with Gasteiger partial charge in [0, 0.05) is 24.9 Å². The Kier molecular flexibility index (Phi) is 7.27. The van der Waals surface area contributed by atoms with Crippen molar-refractivity contribution in [3.63, 3.8) is 0 Å². The number of rotatable bonds is 5. The van der Waals surface area contributed by atoms with Crippen LogP contribution in [0.25, 0.3) is 6.08 Å². The normalized spacial score (nSPS) is 15.1. The molecule has 3 rings (SSSR count). The van der Waals surface area contributed by atoms with Crippen LogP contribution in [0.5, 0.6) is 0 Å². The highest BCUT2D eigenvalue weighted by atomic mass is 32.2. The van der Waals surface area contributed by atoms with Crippen molar-refractivity contribution in [3.8, 4) is 0 Å². The lowest BCUT2D eigenvalue weighted by molar-refractivity contribution is -0.115. The number of aryl methyl sites for hydroxylation is 1. The summed E-state index contributed by atoms with van der Waals surface area (Å²) in [5.41, 5.74) is 1.51. The Morgan fingerprint density at radius 3 is 2.53 bits per heavy atom. The molecule has 1 fully saturated rings. The van der Waals surface area contributed by atoms with E-state index in [1.54, 1.807) is 24.3 Å². The third kappa shape index (κ3) is 5.92. The molecule has 1 aliphatic rings. The average Bonchev–Trinajstić information content (AvgIpc) is 2.73. The molecule has 0 radical (unpaired) electrons.